The number of hydrogen-bond donors (Lipinski definition) is 2. The zero-order valence-electron chi connectivity index (χ0n) is 15.3. The lowest BCUT2D eigenvalue weighted by Crippen LogP contribution is -2.38. The number of aromatic nitrogens is 2. The van der Waals surface area contributed by atoms with E-state index >= 15 is 0 Å². The Bertz CT molecular complexity index is 1290. The highest BCUT2D eigenvalue weighted by Gasteiger charge is 2.13. The van der Waals surface area contributed by atoms with Gasteiger partial charge in [0.25, 0.3) is 0 Å². The molecule has 0 spiro atoms. The third-order valence-corrected chi connectivity index (χ3v) is 4.32. The number of nitrogens with one attached hydrogen (secondary N) is 2. The number of carbonyl (C=O) groups excluding carboxylic acids is 1. The average Bonchev–Trinajstić information content (AvgIpc) is 2.73. The van der Waals surface area contributed by atoms with Gasteiger partial charge in [-0.2, -0.15) is 0 Å². The minimum absolute atomic E-state index is 0.303. The van der Waals surface area contributed by atoms with Gasteiger partial charge in [0.15, 0.2) is 5.75 Å². The number of fused-ring (bicyclic) bond motifs is 1. The van der Waals surface area contributed by atoms with Crippen LogP contribution in [0.1, 0.15) is 0 Å². The SMILES string of the molecule is O=C(Cn1c(=O)c(=O)[nH]c2ccccc21)Nc1ccccc1Oc1ccccc1. The van der Waals surface area contributed by atoms with Gasteiger partial charge in [0.05, 0.1) is 16.7 Å². The molecule has 7 nitrogen and oxygen atoms in total. The molecule has 0 aliphatic carbocycles. The Morgan fingerprint density at radius 2 is 1.59 bits per heavy atom. The van der Waals surface area contributed by atoms with Gasteiger partial charge in [-0.15, -0.1) is 0 Å². The maximum absolute atomic E-state index is 12.7. The van der Waals surface area contributed by atoms with Gasteiger partial charge in [-0.1, -0.05) is 42.5 Å². The Kier molecular flexibility index (Phi) is 4.94. The van der Waals surface area contributed by atoms with Gasteiger partial charge in [0.1, 0.15) is 12.3 Å². The van der Waals surface area contributed by atoms with Crippen molar-refractivity contribution >= 4 is 22.6 Å². The van der Waals surface area contributed by atoms with Crippen molar-refractivity contribution in [3.8, 4) is 11.5 Å². The molecular formula is C22H17N3O4. The van der Waals surface area contributed by atoms with E-state index in [1.54, 1.807) is 60.7 Å². The fourth-order valence-corrected chi connectivity index (χ4v) is 2.99. The molecule has 0 fully saturated rings. The van der Waals surface area contributed by atoms with Crippen LogP contribution in [-0.4, -0.2) is 15.5 Å². The van der Waals surface area contributed by atoms with Gasteiger partial charge in [0, 0.05) is 0 Å². The number of benzene rings is 3. The van der Waals surface area contributed by atoms with Crippen LogP contribution in [-0.2, 0) is 11.3 Å². The van der Waals surface area contributed by atoms with Gasteiger partial charge in [-0.25, -0.2) is 0 Å². The fraction of sp³-hybridized carbons (Fsp3) is 0.0455. The van der Waals surface area contributed by atoms with Crippen molar-refractivity contribution in [3.05, 3.63) is 99.6 Å². The van der Waals surface area contributed by atoms with Crippen LogP contribution < -0.4 is 21.2 Å². The minimum atomic E-state index is -0.785. The highest BCUT2D eigenvalue weighted by molar-refractivity contribution is 5.93. The lowest BCUT2D eigenvalue weighted by atomic mass is 10.2. The Balaban J connectivity index is 1.61. The number of anilines is 1. The molecule has 0 atom stereocenters. The average molecular weight is 387 g/mol. The Labute approximate surface area is 165 Å². The second kappa shape index (κ2) is 7.85. The highest BCUT2D eigenvalue weighted by Crippen LogP contribution is 2.29. The lowest BCUT2D eigenvalue weighted by Gasteiger charge is -2.13. The molecule has 0 bridgehead atoms. The smallest absolute Gasteiger partial charge is 0.317 e. The molecule has 4 rings (SSSR count). The first-order chi connectivity index (χ1) is 14.1. The number of rotatable bonds is 5. The summed E-state index contributed by atoms with van der Waals surface area (Å²) >= 11 is 0. The van der Waals surface area contributed by atoms with Crippen LogP contribution in [0, 0.1) is 0 Å². The molecule has 4 aromatic rings. The van der Waals surface area contributed by atoms with Crippen molar-refractivity contribution < 1.29 is 9.53 Å². The second-order valence-electron chi connectivity index (χ2n) is 6.32. The lowest BCUT2D eigenvalue weighted by molar-refractivity contribution is -0.116. The molecule has 0 aliphatic heterocycles. The normalized spacial score (nSPS) is 10.6. The maximum Gasteiger partial charge on any atom is 0.317 e. The molecule has 1 heterocycles. The first-order valence-corrected chi connectivity index (χ1v) is 8.95. The van der Waals surface area contributed by atoms with Crippen molar-refractivity contribution in [2.24, 2.45) is 0 Å². The predicted octanol–water partition coefficient (Wildman–Crippen LogP) is 3.12. The van der Waals surface area contributed by atoms with Crippen LogP contribution in [0.2, 0.25) is 0 Å². The first-order valence-electron chi connectivity index (χ1n) is 8.95. The minimum Gasteiger partial charge on any atom is -0.455 e. The number of para-hydroxylation sites is 5. The van der Waals surface area contributed by atoms with Crippen LogP contribution in [0.5, 0.6) is 11.5 Å². The summed E-state index contributed by atoms with van der Waals surface area (Å²) in [7, 11) is 0. The molecule has 1 aromatic heterocycles. The molecular weight excluding hydrogens is 370 g/mol. The number of H-pyrrole nitrogens is 1. The third kappa shape index (κ3) is 3.93. The van der Waals surface area contributed by atoms with E-state index in [0.717, 1.165) is 4.57 Å². The number of aromatic amines is 1. The molecule has 0 saturated carbocycles. The standard InChI is InChI=1S/C22H17N3O4/c26-20(14-25-18-12-6-4-10-16(18)24-21(27)22(25)28)23-17-11-5-7-13-19(17)29-15-8-2-1-3-9-15/h1-13H,14H2,(H,23,26)(H,24,27). The van der Waals surface area contributed by atoms with E-state index in [1.807, 2.05) is 18.2 Å². The van der Waals surface area contributed by atoms with E-state index in [9.17, 15) is 14.4 Å². The molecule has 144 valence electrons. The van der Waals surface area contributed by atoms with E-state index in [4.69, 9.17) is 4.74 Å². The third-order valence-electron chi connectivity index (χ3n) is 4.32. The molecule has 0 radical (unpaired) electrons. The van der Waals surface area contributed by atoms with Gasteiger partial charge in [-0.3, -0.25) is 19.0 Å². The summed E-state index contributed by atoms with van der Waals surface area (Å²) in [6.07, 6.45) is 0. The highest BCUT2D eigenvalue weighted by atomic mass is 16.5. The Morgan fingerprint density at radius 1 is 0.897 bits per heavy atom. The van der Waals surface area contributed by atoms with Crippen molar-refractivity contribution in [2.45, 2.75) is 6.54 Å². The molecule has 7 heteroatoms. The van der Waals surface area contributed by atoms with Crippen molar-refractivity contribution in [3.63, 3.8) is 0 Å². The van der Waals surface area contributed by atoms with Crippen molar-refractivity contribution in [1.29, 1.82) is 0 Å². The summed E-state index contributed by atoms with van der Waals surface area (Å²) in [5, 5.41) is 2.75. The summed E-state index contributed by atoms with van der Waals surface area (Å²) in [6.45, 7) is -0.303. The Morgan fingerprint density at radius 3 is 2.41 bits per heavy atom. The summed E-state index contributed by atoms with van der Waals surface area (Å²) in [4.78, 5) is 39.4. The van der Waals surface area contributed by atoms with Gasteiger partial charge in [-0.05, 0) is 36.4 Å². The zero-order valence-corrected chi connectivity index (χ0v) is 15.3. The molecule has 0 aliphatic rings. The van der Waals surface area contributed by atoms with Gasteiger partial charge >= 0.3 is 11.1 Å². The topological polar surface area (TPSA) is 93.2 Å². The van der Waals surface area contributed by atoms with Gasteiger partial charge in [0.2, 0.25) is 5.91 Å². The second-order valence-corrected chi connectivity index (χ2v) is 6.32. The summed E-state index contributed by atoms with van der Waals surface area (Å²) in [5.74, 6) is 0.646. The predicted molar refractivity (Wildman–Crippen MR) is 110 cm³/mol. The Hall–Kier alpha value is -4.13. The zero-order chi connectivity index (χ0) is 20.2. The van der Waals surface area contributed by atoms with E-state index in [1.165, 1.54) is 0 Å². The van der Waals surface area contributed by atoms with Crippen molar-refractivity contribution in [1.82, 2.24) is 9.55 Å². The number of ether oxygens (including phenoxy) is 1. The molecule has 2 N–H and O–H groups in total. The van der Waals surface area contributed by atoms with Crippen LogP contribution in [0.15, 0.2) is 88.5 Å². The maximum atomic E-state index is 12.7. The van der Waals surface area contributed by atoms with E-state index in [-0.39, 0.29) is 6.54 Å². The van der Waals surface area contributed by atoms with E-state index in [2.05, 4.69) is 10.3 Å². The molecule has 0 unspecified atom stereocenters. The van der Waals surface area contributed by atoms with E-state index < -0.39 is 17.0 Å². The van der Waals surface area contributed by atoms with Crippen molar-refractivity contribution in [2.75, 3.05) is 5.32 Å². The van der Waals surface area contributed by atoms with Crippen LogP contribution in [0.4, 0.5) is 5.69 Å². The number of nitrogens with zero attached hydrogens (tertiary/aromatic N) is 1. The quantitative estimate of drug-likeness (QED) is 0.515. The van der Waals surface area contributed by atoms with Crippen LogP contribution in [0.25, 0.3) is 11.0 Å². The number of amides is 1. The number of carbonyl (C=O) groups is 1. The van der Waals surface area contributed by atoms with E-state index in [0.29, 0.717) is 28.2 Å². The molecule has 1 amide bonds. The van der Waals surface area contributed by atoms with Crippen LogP contribution in [0.3, 0.4) is 0 Å². The summed E-state index contributed by atoms with van der Waals surface area (Å²) in [5.41, 5.74) is -0.140. The molecule has 29 heavy (non-hydrogen) atoms. The fourth-order valence-electron chi connectivity index (χ4n) is 2.99. The monoisotopic (exact) mass is 387 g/mol. The number of hydrogen-bond acceptors (Lipinski definition) is 4. The summed E-state index contributed by atoms with van der Waals surface area (Å²) < 4.78 is 6.99. The first kappa shape index (κ1) is 18.2. The van der Waals surface area contributed by atoms with Gasteiger partial charge < -0.3 is 15.0 Å². The van der Waals surface area contributed by atoms with Crippen LogP contribution >= 0.6 is 0 Å². The molecule has 3 aromatic carbocycles. The molecule has 0 saturated heterocycles. The largest absolute Gasteiger partial charge is 0.455 e. The summed E-state index contributed by atoms with van der Waals surface area (Å²) in [6, 6.07) is 23.0.